The lowest BCUT2D eigenvalue weighted by atomic mass is 10.3. The van der Waals surface area contributed by atoms with E-state index in [1.807, 2.05) is 0 Å². The molecule has 0 aliphatic rings. The third-order valence-corrected chi connectivity index (χ3v) is 2.06. The van der Waals surface area contributed by atoms with Crippen LogP contribution < -0.4 is 10.9 Å². The van der Waals surface area contributed by atoms with Crippen LogP contribution in [0.3, 0.4) is 0 Å². The van der Waals surface area contributed by atoms with Crippen molar-refractivity contribution in [2.75, 3.05) is 19.1 Å². The van der Waals surface area contributed by atoms with Gasteiger partial charge in [0, 0.05) is 14.1 Å². The molecule has 4 nitrogen and oxygen atoms in total. The highest BCUT2D eigenvalue weighted by Crippen LogP contribution is 2.21. The monoisotopic (exact) mass is 267 g/mol. The molecule has 1 aromatic rings. The first-order valence-electron chi connectivity index (χ1n) is 4.14. The van der Waals surface area contributed by atoms with E-state index in [1.54, 1.807) is 14.1 Å². The van der Waals surface area contributed by atoms with E-state index in [-0.39, 0.29) is 17.4 Å². The van der Waals surface area contributed by atoms with E-state index in [1.165, 1.54) is 17.0 Å². The molecule has 90 valence electrons. The summed E-state index contributed by atoms with van der Waals surface area (Å²) in [6.07, 6.45) is 0. The topological polar surface area (TPSA) is 49.6 Å². The third-order valence-electron chi connectivity index (χ3n) is 1.77. The van der Waals surface area contributed by atoms with Gasteiger partial charge in [-0.25, -0.2) is 20.0 Å². The molecule has 0 aromatic heterocycles. The lowest BCUT2D eigenvalue weighted by Crippen LogP contribution is -2.44. The predicted octanol–water partition coefficient (Wildman–Crippen LogP) is 2.26. The number of amides is 2. The van der Waals surface area contributed by atoms with E-state index in [4.69, 9.17) is 17.4 Å². The van der Waals surface area contributed by atoms with Gasteiger partial charge >= 0.3 is 6.03 Å². The van der Waals surface area contributed by atoms with Crippen LogP contribution in [0.2, 0.25) is 5.02 Å². The van der Waals surface area contributed by atoms with Gasteiger partial charge in [-0.05, 0) is 18.2 Å². The summed E-state index contributed by atoms with van der Waals surface area (Å²) in [7, 11) is 3.13. The first-order valence-corrected chi connectivity index (χ1v) is 4.52. The number of urea groups is 1. The number of anilines is 1. The van der Waals surface area contributed by atoms with Crippen LogP contribution in [-0.2, 0) is 0 Å². The smallest absolute Gasteiger partial charge is 0.329 e. The van der Waals surface area contributed by atoms with Crippen LogP contribution in [0.15, 0.2) is 18.2 Å². The normalized spacial score (nSPS) is 9.31. The Morgan fingerprint density at radius 2 is 2.00 bits per heavy atom. The number of nitrogens with zero attached hydrogens (tertiary/aromatic N) is 2. The standard InChI is InChI=1S/C9H11ClFN3O.ClH/c1-13(2)9(15)14(12)6-3-4-8(11)7(10)5-6;/h3-5H,12H2,1-2H3;1H. The maximum Gasteiger partial charge on any atom is 0.338 e. The fourth-order valence-corrected chi connectivity index (χ4v) is 1.14. The first-order chi connectivity index (χ1) is 6.93. The second-order valence-electron chi connectivity index (χ2n) is 3.15. The van der Waals surface area contributed by atoms with Crippen LogP contribution in [0.5, 0.6) is 0 Å². The summed E-state index contributed by atoms with van der Waals surface area (Å²) in [4.78, 5) is 12.7. The Labute approximate surface area is 104 Å². The molecule has 0 aliphatic carbocycles. The van der Waals surface area contributed by atoms with Crippen LogP contribution in [0.1, 0.15) is 0 Å². The van der Waals surface area contributed by atoms with Gasteiger partial charge in [0.1, 0.15) is 5.82 Å². The molecule has 2 amide bonds. The van der Waals surface area contributed by atoms with Crippen molar-refractivity contribution in [1.82, 2.24) is 4.90 Å². The van der Waals surface area contributed by atoms with Gasteiger partial charge in [0.15, 0.2) is 0 Å². The van der Waals surface area contributed by atoms with Gasteiger partial charge in [-0.3, -0.25) is 0 Å². The Hall–Kier alpha value is -1.04. The van der Waals surface area contributed by atoms with Crippen LogP contribution in [-0.4, -0.2) is 25.0 Å². The quantitative estimate of drug-likeness (QED) is 0.482. The van der Waals surface area contributed by atoms with E-state index in [2.05, 4.69) is 0 Å². The highest BCUT2D eigenvalue weighted by molar-refractivity contribution is 6.31. The minimum Gasteiger partial charge on any atom is -0.329 e. The van der Waals surface area contributed by atoms with Crippen molar-refractivity contribution < 1.29 is 9.18 Å². The Kier molecular flexibility index (Phi) is 5.50. The third kappa shape index (κ3) is 3.23. The molecule has 1 rings (SSSR count). The highest BCUT2D eigenvalue weighted by atomic mass is 35.5. The number of hydrazine groups is 1. The molecule has 7 heteroatoms. The van der Waals surface area contributed by atoms with E-state index < -0.39 is 11.8 Å². The van der Waals surface area contributed by atoms with Crippen LogP contribution >= 0.6 is 24.0 Å². The largest absolute Gasteiger partial charge is 0.338 e. The molecule has 0 radical (unpaired) electrons. The Morgan fingerprint density at radius 3 is 2.44 bits per heavy atom. The van der Waals surface area contributed by atoms with Crippen LogP contribution in [0.4, 0.5) is 14.9 Å². The van der Waals surface area contributed by atoms with Crippen molar-refractivity contribution in [1.29, 1.82) is 0 Å². The van der Waals surface area contributed by atoms with Crippen molar-refractivity contribution in [3.05, 3.63) is 29.0 Å². The number of carbonyl (C=O) groups excluding carboxylic acids is 1. The second-order valence-corrected chi connectivity index (χ2v) is 3.55. The van der Waals surface area contributed by atoms with Gasteiger partial charge < -0.3 is 4.90 Å². The molecule has 0 heterocycles. The Bertz CT molecular complexity index is 387. The van der Waals surface area contributed by atoms with E-state index >= 15 is 0 Å². The summed E-state index contributed by atoms with van der Waals surface area (Å²) >= 11 is 5.56. The van der Waals surface area contributed by atoms with Crippen molar-refractivity contribution >= 4 is 35.7 Å². The molecular formula is C9H12Cl2FN3O. The van der Waals surface area contributed by atoms with Gasteiger partial charge in [-0.2, -0.15) is 0 Å². The average Bonchev–Trinajstić information content (AvgIpc) is 2.19. The van der Waals surface area contributed by atoms with Crippen molar-refractivity contribution in [2.24, 2.45) is 5.84 Å². The molecule has 2 N–H and O–H groups in total. The molecular weight excluding hydrogens is 256 g/mol. The molecule has 0 aliphatic heterocycles. The van der Waals surface area contributed by atoms with Crippen molar-refractivity contribution in [3.63, 3.8) is 0 Å². The van der Waals surface area contributed by atoms with E-state index in [0.29, 0.717) is 5.69 Å². The van der Waals surface area contributed by atoms with Crippen LogP contribution in [0, 0.1) is 5.82 Å². The summed E-state index contributed by atoms with van der Waals surface area (Å²) in [6.45, 7) is 0. The van der Waals surface area contributed by atoms with Gasteiger partial charge in [-0.15, -0.1) is 12.4 Å². The SMILES string of the molecule is CN(C)C(=O)N(N)c1ccc(F)c(Cl)c1.Cl. The summed E-state index contributed by atoms with van der Waals surface area (Å²) in [5.41, 5.74) is 0.333. The van der Waals surface area contributed by atoms with Gasteiger partial charge in [0.2, 0.25) is 0 Å². The van der Waals surface area contributed by atoms with Crippen molar-refractivity contribution in [2.45, 2.75) is 0 Å². The van der Waals surface area contributed by atoms with Crippen LogP contribution in [0.25, 0.3) is 0 Å². The fourth-order valence-electron chi connectivity index (χ4n) is 0.961. The van der Waals surface area contributed by atoms with E-state index in [0.717, 1.165) is 11.1 Å². The number of benzene rings is 1. The highest BCUT2D eigenvalue weighted by Gasteiger charge is 2.14. The molecule has 0 saturated carbocycles. The predicted molar refractivity (Wildman–Crippen MR) is 64.4 cm³/mol. The zero-order valence-corrected chi connectivity index (χ0v) is 10.3. The molecule has 0 atom stereocenters. The maximum absolute atomic E-state index is 12.8. The maximum atomic E-state index is 12.8. The molecule has 0 fully saturated rings. The zero-order chi connectivity index (χ0) is 11.6. The minimum atomic E-state index is -0.550. The first kappa shape index (κ1) is 15.0. The lowest BCUT2D eigenvalue weighted by molar-refractivity contribution is 0.224. The molecule has 0 bridgehead atoms. The number of hydrogen-bond donors (Lipinski definition) is 1. The van der Waals surface area contributed by atoms with Gasteiger partial charge in [-0.1, -0.05) is 11.6 Å². The van der Waals surface area contributed by atoms with E-state index in [9.17, 15) is 9.18 Å². The van der Waals surface area contributed by atoms with Gasteiger partial charge in [0.25, 0.3) is 0 Å². The molecule has 1 aromatic carbocycles. The summed E-state index contributed by atoms with van der Waals surface area (Å²) < 4.78 is 12.8. The molecule has 0 unspecified atom stereocenters. The molecule has 0 spiro atoms. The number of nitrogens with two attached hydrogens (primary N) is 1. The number of hydrogen-bond acceptors (Lipinski definition) is 2. The van der Waals surface area contributed by atoms with Gasteiger partial charge in [0.05, 0.1) is 10.7 Å². The van der Waals surface area contributed by atoms with Crippen molar-refractivity contribution in [3.8, 4) is 0 Å². The summed E-state index contributed by atoms with van der Waals surface area (Å²) in [5, 5.41) is 0.820. The fraction of sp³-hybridized carbons (Fsp3) is 0.222. The molecule has 0 saturated heterocycles. The summed E-state index contributed by atoms with van der Waals surface area (Å²) in [6, 6.07) is 3.40. The minimum absolute atomic E-state index is 0. The number of halogens is 3. The number of rotatable bonds is 1. The molecule has 16 heavy (non-hydrogen) atoms. The number of carbonyl (C=O) groups is 1. The average molecular weight is 268 g/mol. The lowest BCUT2D eigenvalue weighted by Gasteiger charge is -2.21. The summed E-state index contributed by atoms with van der Waals surface area (Å²) in [5.74, 6) is 4.97. The Balaban J connectivity index is 0.00000225. The Morgan fingerprint density at radius 1 is 1.44 bits per heavy atom. The second kappa shape index (κ2) is 5.89. The zero-order valence-electron chi connectivity index (χ0n) is 8.78.